The van der Waals surface area contributed by atoms with Crippen molar-refractivity contribution >= 4 is 11.6 Å². The van der Waals surface area contributed by atoms with Crippen LogP contribution in [0.5, 0.6) is 0 Å². The Kier molecular flexibility index (Phi) is 6.70. The van der Waals surface area contributed by atoms with Gasteiger partial charge in [0.05, 0.1) is 24.3 Å². The van der Waals surface area contributed by atoms with E-state index < -0.39 is 0 Å². The summed E-state index contributed by atoms with van der Waals surface area (Å²) in [5, 5.41) is 0.588. The van der Waals surface area contributed by atoms with Crippen molar-refractivity contribution in [2.24, 2.45) is 0 Å². The van der Waals surface area contributed by atoms with Crippen molar-refractivity contribution < 1.29 is 0 Å². The highest BCUT2D eigenvalue weighted by Gasteiger charge is 2.22. The zero-order chi connectivity index (χ0) is 25.1. The van der Waals surface area contributed by atoms with Crippen molar-refractivity contribution in [3.63, 3.8) is 0 Å². The zero-order valence-electron chi connectivity index (χ0n) is 19.9. The first-order valence-electron chi connectivity index (χ1n) is 11.8. The summed E-state index contributed by atoms with van der Waals surface area (Å²) in [6.45, 7) is 2.52. The molecule has 0 spiro atoms. The van der Waals surface area contributed by atoms with E-state index in [1.807, 2.05) is 104 Å². The van der Waals surface area contributed by atoms with Gasteiger partial charge >= 0.3 is 5.69 Å². The lowest BCUT2D eigenvalue weighted by Gasteiger charge is -2.20. The molecule has 0 atom stereocenters. The molecular weight excluding hydrogens is 468 g/mol. The van der Waals surface area contributed by atoms with Crippen LogP contribution in [0.1, 0.15) is 16.7 Å². The molecule has 0 saturated heterocycles. The summed E-state index contributed by atoms with van der Waals surface area (Å²) in [5.41, 5.74) is 4.87. The van der Waals surface area contributed by atoms with E-state index in [-0.39, 0.29) is 17.8 Å². The first kappa shape index (κ1) is 23.6. The van der Waals surface area contributed by atoms with Crippen LogP contribution in [0.25, 0.3) is 22.4 Å². The number of hydrogen-bond acceptors (Lipinski definition) is 2. The second-order valence-electron chi connectivity index (χ2n) is 8.83. The van der Waals surface area contributed by atoms with Crippen LogP contribution in [-0.4, -0.2) is 9.13 Å². The maximum absolute atomic E-state index is 14.1. The number of nitrogens with zero attached hydrogens (tertiary/aromatic N) is 2. The van der Waals surface area contributed by atoms with Crippen LogP contribution < -0.4 is 11.2 Å². The highest BCUT2D eigenvalue weighted by molar-refractivity contribution is 6.30. The molecule has 0 unspecified atom stereocenters. The van der Waals surface area contributed by atoms with Crippen molar-refractivity contribution in [3.05, 3.63) is 152 Å². The molecule has 0 aliphatic carbocycles. The Morgan fingerprint density at radius 1 is 0.611 bits per heavy atom. The van der Waals surface area contributed by atoms with E-state index in [2.05, 4.69) is 0 Å². The second kappa shape index (κ2) is 10.2. The standard InChI is InChI=1S/C31H25ClN2O2/c1-22-12-14-25(15-13-22)28-29(26-16-18-27(32)19-17-26)33(20-23-8-4-2-5-9-23)31(36)34(30(28)35)21-24-10-6-3-7-11-24/h2-19H,20-21H2,1H3. The fraction of sp³-hybridized carbons (Fsp3) is 0.0968. The van der Waals surface area contributed by atoms with E-state index >= 15 is 0 Å². The smallest absolute Gasteiger partial charge is 0.288 e. The largest absolute Gasteiger partial charge is 0.332 e. The highest BCUT2D eigenvalue weighted by Crippen LogP contribution is 2.30. The van der Waals surface area contributed by atoms with Gasteiger partial charge in [0.25, 0.3) is 5.56 Å². The number of benzene rings is 4. The van der Waals surface area contributed by atoms with Crippen LogP contribution in [0.4, 0.5) is 0 Å². The Hall–Kier alpha value is -4.15. The molecule has 0 amide bonds. The minimum absolute atomic E-state index is 0.188. The van der Waals surface area contributed by atoms with E-state index in [1.54, 1.807) is 16.7 Å². The summed E-state index contributed by atoms with van der Waals surface area (Å²) in [6, 6.07) is 34.5. The van der Waals surface area contributed by atoms with Gasteiger partial charge in [0.2, 0.25) is 0 Å². The molecule has 5 heteroatoms. The predicted octanol–water partition coefficient (Wildman–Crippen LogP) is 6.40. The van der Waals surface area contributed by atoms with Crippen molar-refractivity contribution in [1.29, 1.82) is 0 Å². The molecule has 178 valence electrons. The van der Waals surface area contributed by atoms with Crippen LogP contribution in [-0.2, 0) is 13.1 Å². The first-order chi connectivity index (χ1) is 17.5. The molecule has 5 aromatic rings. The van der Waals surface area contributed by atoms with Gasteiger partial charge < -0.3 is 0 Å². The average Bonchev–Trinajstić information content (AvgIpc) is 2.90. The quantitative estimate of drug-likeness (QED) is 0.275. The van der Waals surface area contributed by atoms with Crippen LogP contribution in [0.15, 0.2) is 119 Å². The highest BCUT2D eigenvalue weighted by atomic mass is 35.5. The fourth-order valence-electron chi connectivity index (χ4n) is 4.41. The molecule has 0 fully saturated rings. The number of aryl methyl sites for hydroxylation is 1. The molecule has 0 aliphatic heterocycles. The van der Waals surface area contributed by atoms with Gasteiger partial charge in [0, 0.05) is 5.02 Å². The predicted molar refractivity (Wildman–Crippen MR) is 147 cm³/mol. The van der Waals surface area contributed by atoms with Gasteiger partial charge in [-0.05, 0) is 41.3 Å². The minimum atomic E-state index is -0.353. The monoisotopic (exact) mass is 492 g/mol. The van der Waals surface area contributed by atoms with Gasteiger partial charge in [0.1, 0.15) is 0 Å². The van der Waals surface area contributed by atoms with E-state index in [0.717, 1.165) is 27.8 Å². The second-order valence-corrected chi connectivity index (χ2v) is 9.26. The van der Waals surface area contributed by atoms with Gasteiger partial charge in [-0.1, -0.05) is 114 Å². The molecular formula is C31H25ClN2O2. The Balaban J connectivity index is 1.85. The fourth-order valence-corrected chi connectivity index (χ4v) is 4.53. The summed E-state index contributed by atoms with van der Waals surface area (Å²) in [4.78, 5) is 28.1. The Bertz CT molecular complexity index is 1600. The topological polar surface area (TPSA) is 44.0 Å². The van der Waals surface area contributed by atoms with E-state index in [4.69, 9.17) is 11.6 Å². The molecule has 36 heavy (non-hydrogen) atoms. The van der Waals surface area contributed by atoms with Crippen LogP contribution in [0.2, 0.25) is 5.02 Å². The number of hydrogen-bond donors (Lipinski definition) is 0. The van der Waals surface area contributed by atoms with Crippen molar-refractivity contribution in [2.75, 3.05) is 0 Å². The van der Waals surface area contributed by atoms with Crippen LogP contribution >= 0.6 is 11.6 Å². The SMILES string of the molecule is Cc1ccc(-c2c(-c3ccc(Cl)cc3)n(Cc3ccccc3)c(=O)n(Cc3ccccc3)c2=O)cc1. The third-order valence-electron chi connectivity index (χ3n) is 6.25. The summed E-state index contributed by atoms with van der Waals surface area (Å²) in [6.07, 6.45) is 0. The number of halogens is 1. The molecule has 4 nitrogen and oxygen atoms in total. The Morgan fingerprint density at radius 2 is 1.11 bits per heavy atom. The third-order valence-corrected chi connectivity index (χ3v) is 6.50. The first-order valence-corrected chi connectivity index (χ1v) is 12.2. The third kappa shape index (κ3) is 4.81. The van der Waals surface area contributed by atoms with E-state index in [0.29, 0.717) is 22.8 Å². The van der Waals surface area contributed by atoms with Gasteiger partial charge in [-0.15, -0.1) is 0 Å². The normalized spacial score (nSPS) is 10.9. The van der Waals surface area contributed by atoms with Gasteiger partial charge in [-0.2, -0.15) is 0 Å². The van der Waals surface area contributed by atoms with Crippen LogP contribution in [0, 0.1) is 6.92 Å². The lowest BCUT2D eigenvalue weighted by molar-refractivity contribution is 0.620. The summed E-state index contributed by atoms with van der Waals surface area (Å²) in [5.74, 6) is 0. The molecule has 5 rings (SSSR count). The van der Waals surface area contributed by atoms with E-state index in [9.17, 15) is 9.59 Å². The molecule has 1 heterocycles. The lowest BCUT2D eigenvalue weighted by Crippen LogP contribution is -2.42. The molecule has 0 bridgehead atoms. The minimum Gasteiger partial charge on any atom is -0.288 e. The molecule has 0 aliphatic rings. The summed E-state index contributed by atoms with van der Waals surface area (Å²) >= 11 is 6.19. The van der Waals surface area contributed by atoms with Crippen LogP contribution in [0.3, 0.4) is 0 Å². The summed E-state index contributed by atoms with van der Waals surface area (Å²) < 4.78 is 3.05. The Morgan fingerprint density at radius 3 is 1.67 bits per heavy atom. The number of aromatic nitrogens is 2. The summed E-state index contributed by atoms with van der Waals surface area (Å²) in [7, 11) is 0. The van der Waals surface area contributed by atoms with E-state index in [1.165, 1.54) is 4.57 Å². The van der Waals surface area contributed by atoms with Gasteiger partial charge in [-0.3, -0.25) is 13.9 Å². The molecule has 0 N–H and O–H groups in total. The molecule has 4 aromatic carbocycles. The van der Waals surface area contributed by atoms with Crippen molar-refractivity contribution in [3.8, 4) is 22.4 Å². The average molecular weight is 493 g/mol. The van der Waals surface area contributed by atoms with Crippen molar-refractivity contribution in [1.82, 2.24) is 9.13 Å². The van der Waals surface area contributed by atoms with Crippen molar-refractivity contribution in [2.45, 2.75) is 20.0 Å². The Labute approximate surface area is 214 Å². The molecule has 0 saturated carbocycles. The lowest BCUT2D eigenvalue weighted by atomic mass is 9.98. The molecule has 1 aromatic heterocycles. The molecule has 0 radical (unpaired) electrons. The number of rotatable bonds is 6. The van der Waals surface area contributed by atoms with Gasteiger partial charge in [0.15, 0.2) is 0 Å². The van der Waals surface area contributed by atoms with Gasteiger partial charge in [-0.25, -0.2) is 4.79 Å². The zero-order valence-corrected chi connectivity index (χ0v) is 20.7. The maximum atomic E-state index is 14.1. The maximum Gasteiger partial charge on any atom is 0.332 e.